The molecule has 15 heavy (non-hydrogen) atoms. The summed E-state index contributed by atoms with van der Waals surface area (Å²) in [6.07, 6.45) is 1.27. The summed E-state index contributed by atoms with van der Waals surface area (Å²) in [6, 6.07) is 0. The molecule has 1 aliphatic heterocycles. The monoisotopic (exact) mass is 225 g/mol. The molecule has 4 heteroatoms. The summed E-state index contributed by atoms with van der Waals surface area (Å²) >= 11 is 1.88. The van der Waals surface area contributed by atoms with Gasteiger partial charge in [-0.1, -0.05) is 0 Å². The average molecular weight is 225 g/mol. The van der Waals surface area contributed by atoms with Crippen molar-refractivity contribution >= 4 is 11.3 Å². The second-order valence-corrected chi connectivity index (χ2v) is 5.45. The zero-order chi connectivity index (χ0) is 10.8. The first kappa shape index (κ1) is 11.0. The molecule has 1 aromatic rings. The quantitative estimate of drug-likeness (QED) is 0.847. The predicted octanol–water partition coefficient (Wildman–Crippen LogP) is 1.59. The van der Waals surface area contributed by atoms with E-state index in [1.165, 1.54) is 35.1 Å². The second kappa shape index (κ2) is 4.60. The van der Waals surface area contributed by atoms with E-state index in [1.807, 2.05) is 18.4 Å². The van der Waals surface area contributed by atoms with Crippen LogP contribution in [0.25, 0.3) is 0 Å². The van der Waals surface area contributed by atoms with Crippen molar-refractivity contribution in [3.05, 3.63) is 15.6 Å². The van der Waals surface area contributed by atoms with E-state index in [1.54, 1.807) is 0 Å². The van der Waals surface area contributed by atoms with Gasteiger partial charge in [0.05, 0.1) is 10.7 Å². The standard InChI is InChI=1S/C11H19N3S/c1-8-10(6-12-2)15-11(13-8)9-4-5-14(3)7-9/h9,12H,4-7H2,1-3H3. The molecule has 1 fully saturated rings. The fourth-order valence-electron chi connectivity index (χ4n) is 2.09. The Kier molecular flexibility index (Phi) is 3.38. The highest BCUT2D eigenvalue weighted by atomic mass is 32.1. The van der Waals surface area contributed by atoms with Crippen molar-refractivity contribution < 1.29 is 0 Å². The van der Waals surface area contributed by atoms with Crippen LogP contribution in [0.1, 0.15) is 27.9 Å². The van der Waals surface area contributed by atoms with Gasteiger partial charge in [-0.25, -0.2) is 4.98 Å². The Bertz CT molecular complexity index is 335. The lowest BCUT2D eigenvalue weighted by molar-refractivity contribution is 0.411. The van der Waals surface area contributed by atoms with Crippen LogP contribution in [-0.2, 0) is 6.54 Å². The minimum absolute atomic E-state index is 0.671. The minimum Gasteiger partial charge on any atom is -0.315 e. The Morgan fingerprint density at radius 3 is 3.00 bits per heavy atom. The summed E-state index contributed by atoms with van der Waals surface area (Å²) in [5.74, 6) is 0.671. The van der Waals surface area contributed by atoms with Crippen molar-refractivity contribution in [2.45, 2.75) is 25.8 Å². The summed E-state index contributed by atoms with van der Waals surface area (Å²) in [7, 11) is 4.18. The average Bonchev–Trinajstić information content (AvgIpc) is 2.75. The topological polar surface area (TPSA) is 28.2 Å². The molecule has 1 unspecified atom stereocenters. The van der Waals surface area contributed by atoms with E-state index in [0.717, 1.165) is 6.54 Å². The van der Waals surface area contributed by atoms with E-state index in [2.05, 4.69) is 24.2 Å². The number of nitrogens with one attached hydrogen (secondary N) is 1. The number of likely N-dealkylation sites (N-methyl/N-ethyl adjacent to an activating group) is 1. The van der Waals surface area contributed by atoms with Gasteiger partial charge >= 0.3 is 0 Å². The second-order valence-electron chi connectivity index (χ2n) is 4.34. The van der Waals surface area contributed by atoms with Crippen LogP contribution < -0.4 is 5.32 Å². The maximum absolute atomic E-state index is 4.70. The first-order valence-corrected chi connectivity index (χ1v) is 6.31. The summed E-state index contributed by atoms with van der Waals surface area (Å²) in [5, 5.41) is 4.53. The highest BCUT2D eigenvalue weighted by molar-refractivity contribution is 7.11. The third-order valence-corrected chi connectivity index (χ3v) is 4.31. The fourth-order valence-corrected chi connectivity index (χ4v) is 3.29. The van der Waals surface area contributed by atoms with Crippen molar-refractivity contribution in [2.24, 2.45) is 0 Å². The summed E-state index contributed by atoms with van der Waals surface area (Å²) < 4.78 is 0. The summed E-state index contributed by atoms with van der Waals surface area (Å²) in [6.45, 7) is 5.45. The molecule has 84 valence electrons. The predicted molar refractivity (Wildman–Crippen MR) is 64.5 cm³/mol. The number of aromatic nitrogens is 1. The van der Waals surface area contributed by atoms with Gasteiger partial charge < -0.3 is 10.2 Å². The fraction of sp³-hybridized carbons (Fsp3) is 0.727. The Balaban J connectivity index is 2.12. The zero-order valence-corrected chi connectivity index (χ0v) is 10.5. The van der Waals surface area contributed by atoms with Crippen molar-refractivity contribution in [3.63, 3.8) is 0 Å². The molecule has 0 aromatic carbocycles. The van der Waals surface area contributed by atoms with Crippen molar-refractivity contribution in [1.29, 1.82) is 0 Å². The van der Waals surface area contributed by atoms with E-state index in [-0.39, 0.29) is 0 Å². The highest BCUT2D eigenvalue weighted by Crippen LogP contribution is 2.31. The number of hydrogen-bond donors (Lipinski definition) is 1. The Morgan fingerprint density at radius 2 is 2.40 bits per heavy atom. The molecule has 0 spiro atoms. The molecule has 0 aliphatic carbocycles. The Labute approximate surface area is 95.5 Å². The Hall–Kier alpha value is -0.450. The Morgan fingerprint density at radius 1 is 1.60 bits per heavy atom. The highest BCUT2D eigenvalue weighted by Gasteiger charge is 2.24. The number of hydrogen-bond acceptors (Lipinski definition) is 4. The molecule has 1 atom stereocenters. The lowest BCUT2D eigenvalue weighted by Gasteiger charge is -2.06. The molecule has 1 aliphatic rings. The van der Waals surface area contributed by atoms with Crippen LogP contribution in [0, 0.1) is 6.92 Å². The minimum atomic E-state index is 0.671. The first-order chi connectivity index (χ1) is 7.20. The van der Waals surface area contributed by atoms with Crippen LogP contribution in [0.5, 0.6) is 0 Å². The van der Waals surface area contributed by atoms with Crippen molar-refractivity contribution in [2.75, 3.05) is 27.2 Å². The molecule has 0 amide bonds. The van der Waals surface area contributed by atoms with E-state index >= 15 is 0 Å². The molecule has 2 rings (SSSR count). The normalized spacial score (nSPS) is 22.5. The first-order valence-electron chi connectivity index (χ1n) is 5.50. The zero-order valence-electron chi connectivity index (χ0n) is 9.71. The third kappa shape index (κ3) is 2.38. The molecule has 0 radical (unpaired) electrons. The van der Waals surface area contributed by atoms with E-state index in [0.29, 0.717) is 5.92 Å². The molecule has 0 bridgehead atoms. The maximum Gasteiger partial charge on any atom is 0.0975 e. The van der Waals surface area contributed by atoms with Gasteiger partial charge in [-0.15, -0.1) is 11.3 Å². The largest absolute Gasteiger partial charge is 0.315 e. The lowest BCUT2D eigenvalue weighted by atomic mass is 10.1. The number of nitrogens with zero attached hydrogens (tertiary/aromatic N) is 2. The number of likely N-dealkylation sites (tertiary alicyclic amines) is 1. The van der Waals surface area contributed by atoms with Gasteiger partial charge in [0.1, 0.15) is 0 Å². The van der Waals surface area contributed by atoms with Crippen molar-refractivity contribution in [3.8, 4) is 0 Å². The third-order valence-electron chi connectivity index (χ3n) is 2.99. The smallest absolute Gasteiger partial charge is 0.0975 e. The van der Waals surface area contributed by atoms with Gasteiger partial charge in [0, 0.05) is 23.9 Å². The van der Waals surface area contributed by atoms with Gasteiger partial charge in [0.2, 0.25) is 0 Å². The van der Waals surface area contributed by atoms with Crippen LogP contribution in [-0.4, -0.2) is 37.1 Å². The molecular formula is C11H19N3S. The molecular weight excluding hydrogens is 206 g/mol. The van der Waals surface area contributed by atoms with E-state index in [4.69, 9.17) is 4.98 Å². The van der Waals surface area contributed by atoms with Crippen LogP contribution in [0.2, 0.25) is 0 Å². The van der Waals surface area contributed by atoms with Crippen molar-refractivity contribution in [1.82, 2.24) is 15.2 Å². The van der Waals surface area contributed by atoms with Gasteiger partial charge in [0.25, 0.3) is 0 Å². The molecule has 1 aromatic heterocycles. The van der Waals surface area contributed by atoms with E-state index < -0.39 is 0 Å². The maximum atomic E-state index is 4.70. The van der Waals surface area contributed by atoms with Crippen LogP contribution >= 0.6 is 11.3 Å². The van der Waals surface area contributed by atoms with E-state index in [9.17, 15) is 0 Å². The molecule has 1 saturated heterocycles. The molecule has 1 N–H and O–H groups in total. The van der Waals surface area contributed by atoms with Crippen LogP contribution in [0.4, 0.5) is 0 Å². The van der Waals surface area contributed by atoms with Crippen LogP contribution in [0.3, 0.4) is 0 Å². The lowest BCUT2D eigenvalue weighted by Crippen LogP contribution is -2.13. The van der Waals surface area contributed by atoms with Gasteiger partial charge in [-0.3, -0.25) is 0 Å². The van der Waals surface area contributed by atoms with Gasteiger partial charge in [-0.2, -0.15) is 0 Å². The summed E-state index contributed by atoms with van der Waals surface area (Å²) in [4.78, 5) is 8.48. The van der Waals surface area contributed by atoms with Gasteiger partial charge in [-0.05, 0) is 34.0 Å². The number of rotatable bonds is 3. The summed E-state index contributed by atoms with van der Waals surface area (Å²) in [5.41, 5.74) is 1.21. The molecule has 2 heterocycles. The number of thiazole rings is 1. The molecule has 0 saturated carbocycles. The molecule has 3 nitrogen and oxygen atoms in total. The number of aryl methyl sites for hydroxylation is 1. The van der Waals surface area contributed by atoms with Gasteiger partial charge in [0.15, 0.2) is 0 Å². The van der Waals surface area contributed by atoms with Crippen LogP contribution in [0.15, 0.2) is 0 Å². The SMILES string of the molecule is CNCc1sc(C2CCN(C)C2)nc1C.